The zero-order valence-corrected chi connectivity index (χ0v) is 11.5. The van der Waals surface area contributed by atoms with E-state index in [1.165, 1.54) is 5.56 Å². The lowest BCUT2D eigenvalue weighted by Crippen LogP contribution is -2.28. The van der Waals surface area contributed by atoms with Gasteiger partial charge in [0.15, 0.2) is 0 Å². The third kappa shape index (κ3) is 2.54. The van der Waals surface area contributed by atoms with Crippen LogP contribution in [0.5, 0.6) is 5.75 Å². The summed E-state index contributed by atoms with van der Waals surface area (Å²) in [7, 11) is 0. The third-order valence-electron chi connectivity index (χ3n) is 3.49. The summed E-state index contributed by atoms with van der Waals surface area (Å²) >= 11 is 5.92. The molecule has 2 unspecified atom stereocenters. The summed E-state index contributed by atoms with van der Waals surface area (Å²) in [6.07, 6.45) is 0. The Kier molecular flexibility index (Phi) is 3.34. The Labute approximate surface area is 118 Å². The van der Waals surface area contributed by atoms with Gasteiger partial charge in [-0.3, -0.25) is 0 Å². The zero-order valence-electron chi connectivity index (χ0n) is 10.8. The van der Waals surface area contributed by atoms with Gasteiger partial charge in [-0.1, -0.05) is 36.7 Å². The molecule has 0 fully saturated rings. The highest BCUT2D eigenvalue weighted by Gasteiger charge is 2.27. The molecule has 98 valence electrons. The van der Waals surface area contributed by atoms with Crippen LogP contribution in [0.1, 0.15) is 18.5 Å². The Morgan fingerprint density at radius 3 is 2.63 bits per heavy atom. The Morgan fingerprint density at radius 1 is 1.11 bits per heavy atom. The Morgan fingerprint density at radius 2 is 1.84 bits per heavy atom. The standard InChI is InChI=1S/C16H16ClNO/c1-11-10-19-15-5-3-2-4-14(15)16(11)18-13-8-6-12(17)7-9-13/h2-9,11,16,18H,10H2,1H3. The molecule has 0 radical (unpaired) electrons. The van der Waals surface area contributed by atoms with Crippen molar-refractivity contribution < 1.29 is 4.74 Å². The zero-order chi connectivity index (χ0) is 13.2. The first kappa shape index (κ1) is 12.4. The number of fused-ring (bicyclic) bond motifs is 1. The third-order valence-corrected chi connectivity index (χ3v) is 3.74. The van der Waals surface area contributed by atoms with Crippen molar-refractivity contribution >= 4 is 17.3 Å². The number of ether oxygens (including phenoxy) is 1. The predicted octanol–water partition coefficient (Wildman–Crippen LogP) is 4.52. The van der Waals surface area contributed by atoms with E-state index in [0.717, 1.165) is 23.1 Å². The summed E-state index contributed by atoms with van der Waals surface area (Å²) in [5.74, 6) is 1.40. The highest BCUT2D eigenvalue weighted by atomic mass is 35.5. The molecule has 0 saturated heterocycles. The minimum absolute atomic E-state index is 0.270. The largest absolute Gasteiger partial charge is 0.493 e. The summed E-state index contributed by atoms with van der Waals surface area (Å²) in [5, 5.41) is 4.33. The van der Waals surface area contributed by atoms with Crippen LogP contribution in [0.4, 0.5) is 5.69 Å². The van der Waals surface area contributed by atoms with Gasteiger partial charge in [-0.15, -0.1) is 0 Å². The molecule has 1 heterocycles. The molecule has 0 amide bonds. The second-order valence-corrected chi connectivity index (χ2v) is 5.39. The fourth-order valence-corrected chi connectivity index (χ4v) is 2.56. The first-order chi connectivity index (χ1) is 9.24. The van der Waals surface area contributed by atoms with Crippen LogP contribution in [-0.4, -0.2) is 6.61 Å². The Bertz CT molecular complexity index is 567. The van der Waals surface area contributed by atoms with Gasteiger partial charge in [-0.2, -0.15) is 0 Å². The minimum Gasteiger partial charge on any atom is -0.493 e. The number of nitrogens with one attached hydrogen (secondary N) is 1. The second-order valence-electron chi connectivity index (χ2n) is 4.96. The lowest BCUT2D eigenvalue weighted by atomic mass is 9.92. The molecule has 2 nitrogen and oxygen atoms in total. The number of anilines is 1. The molecule has 0 bridgehead atoms. The maximum absolute atomic E-state index is 5.92. The van der Waals surface area contributed by atoms with E-state index < -0.39 is 0 Å². The van der Waals surface area contributed by atoms with Gasteiger partial charge in [0.05, 0.1) is 12.6 Å². The molecule has 0 aliphatic carbocycles. The number of benzene rings is 2. The van der Waals surface area contributed by atoms with Crippen LogP contribution in [0.3, 0.4) is 0 Å². The number of rotatable bonds is 2. The van der Waals surface area contributed by atoms with Crippen LogP contribution in [0.15, 0.2) is 48.5 Å². The van der Waals surface area contributed by atoms with Gasteiger partial charge in [0.2, 0.25) is 0 Å². The summed E-state index contributed by atoms with van der Waals surface area (Å²) in [6.45, 7) is 2.94. The highest BCUT2D eigenvalue weighted by molar-refractivity contribution is 6.30. The lowest BCUT2D eigenvalue weighted by molar-refractivity contribution is 0.214. The maximum atomic E-state index is 5.92. The van der Waals surface area contributed by atoms with Crippen molar-refractivity contribution in [2.24, 2.45) is 5.92 Å². The van der Waals surface area contributed by atoms with Gasteiger partial charge >= 0.3 is 0 Å². The van der Waals surface area contributed by atoms with E-state index in [9.17, 15) is 0 Å². The fraction of sp³-hybridized carbons (Fsp3) is 0.250. The lowest BCUT2D eigenvalue weighted by Gasteiger charge is -2.32. The van der Waals surface area contributed by atoms with Crippen molar-refractivity contribution in [3.8, 4) is 5.75 Å². The van der Waals surface area contributed by atoms with E-state index in [4.69, 9.17) is 16.3 Å². The van der Waals surface area contributed by atoms with E-state index >= 15 is 0 Å². The predicted molar refractivity (Wildman–Crippen MR) is 78.9 cm³/mol. The smallest absolute Gasteiger partial charge is 0.124 e. The van der Waals surface area contributed by atoms with E-state index in [1.54, 1.807) is 0 Å². The molecule has 19 heavy (non-hydrogen) atoms. The van der Waals surface area contributed by atoms with Crippen molar-refractivity contribution in [2.45, 2.75) is 13.0 Å². The van der Waals surface area contributed by atoms with Crippen LogP contribution in [0.2, 0.25) is 5.02 Å². The Balaban J connectivity index is 1.89. The molecular weight excluding hydrogens is 258 g/mol. The first-order valence-electron chi connectivity index (χ1n) is 6.48. The van der Waals surface area contributed by atoms with Crippen LogP contribution < -0.4 is 10.1 Å². The highest BCUT2D eigenvalue weighted by Crippen LogP contribution is 2.37. The molecule has 2 atom stereocenters. The molecule has 1 aliphatic heterocycles. The van der Waals surface area contributed by atoms with Gasteiger partial charge in [0.1, 0.15) is 5.75 Å². The summed E-state index contributed by atoms with van der Waals surface area (Å²) in [4.78, 5) is 0. The van der Waals surface area contributed by atoms with Gasteiger partial charge in [0, 0.05) is 22.2 Å². The molecule has 1 aliphatic rings. The average molecular weight is 274 g/mol. The van der Waals surface area contributed by atoms with Gasteiger partial charge < -0.3 is 10.1 Å². The maximum Gasteiger partial charge on any atom is 0.124 e. The summed E-state index contributed by atoms with van der Waals surface area (Å²) in [5.41, 5.74) is 2.30. The summed E-state index contributed by atoms with van der Waals surface area (Å²) in [6, 6.07) is 16.3. The Hall–Kier alpha value is -1.67. The number of para-hydroxylation sites is 1. The van der Waals surface area contributed by atoms with Crippen LogP contribution in [0.25, 0.3) is 0 Å². The molecule has 1 N–H and O–H groups in total. The topological polar surface area (TPSA) is 21.3 Å². The molecule has 3 rings (SSSR count). The fourth-order valence-electron chi connectivity index (χ4n) is 2.44. The van der Waals surface area contributed by atoms with Crippen LogP contribution in [-0.2, 0) is 0 Å². The summed E-state index contributed by atoms with van der Waals surface area (Å²) < 4.78 is 5.76. The molecule has 0 aromatic heterocycles. The molecule has 3 heteroatoms. The molecule has 2 aromatic rings. The van der Waals surface area contributed by atoms with Crippen LogP contribution in [0, 0.1) is 5.92 Å². The normalized spacial score (nSPS) is 21.4. The average Bonchev–Trinajstić information content (AvgIpc) is 2.44. The van der Waals surface area contributed by atoms with E-state index in [1.807, 2.05) is 36.4 Å². The SMILES string of the molecule is CC1COc2ccccc2C1Nc1ccc(Cl)cc1. The number of halogens is 1. The van der Waals surface area contributed by atoms with Gasteiger partial charge in [-0.05, 0) is 30.3 Å². The quantitative estimate of drug-likeness (QED) is 0.868. The number of hydrogen-bond acceptors (Lipinski definition) is 2. The van der Waals surface area contributed by atoms with Gasteiger partial charge in [-0.25, -0.2) is 0 Å². The van der Waals surface area contributed by atoms with Crippen molar-refractivity contribution in [1.82, 2.24) is 0 Å². The van der Waals surface area contributed by atoms with E-state index in [2.05, 4.69) is 24.4 Å². The molecule has 0 saturated carbocycles. The van der Waals surface area contributed by atoms with Crippen molar-refractivity contribution in [1.29, 1.82) is 0 Å². The van der Waals surface area contributed by atoms with Crippen molar-refractivity contribution in [3.05, 3.63) is 59.1 Å². The molecular formula is C16H16ClNO. The van der Waals surface area contributed by atoms with E-state index in [0.29, 0.717) is 5.92 Å². The molecule has 2 aromatic carbocycles. The minimum atomic E-state index is 0.270. The first-order valence-corrected chi connectivity index (χ1v) is 6.85. The van der Waals surface area contributed by atoms with Crippen LogP contribution >= 0.6 is 11.6 Å². The monoisotopic (exact) mass is 273 g/mol. The van der Waals surface area contributed by atoms with E-state index in [-0.39, 0.29) is 6.04 Å². The van der Waals surface area contributed by atoms with Gasteiger partial charge in [0.25, 0.3) is 0 Å². The number of hydrogen-bond donors (Lipinski definition) is 1. The molecule has 0 spiro atoms. The van der Waals surface area contributed by atoms with Crippen molar-refractivity contribution in [2.75, 3.05) is 11.9 Å². The second kappa shape index (κ2) is 5.14. The van der Waals surface area contributed by atoms with Crippen molar-refractivity contribution in [3.63, 3.8) is 0 Å².